The van der Waals surface area contributed by atoms with Gasteiger partial charge in [0.1, 0.15) is 23.2 Å². The zero-order chi connectivity index (χ0) is 29.7. The number of amidine groups is 2. The number of benzene rings is 7. The van der Waals surface area contributed by atoms with E-state index in [1.165, 1.54) is 21.5 Å². The molecule has 1 aromatic heterocycles. The Morgan fingerprint density at radius 1 is 0.511 bits per heavy atom. The van der Waals surface area contributed by atoms with E-state index in [9.17, 15) is 0 Å². The van der Waals surface area contributed by atoms with Crippen LogP contribution in [0.1, 0.15) is 22.9 Å². The van der Waals surface area contributed by atoms with E-state index < -0.39 is 0 Å². The van der Waals surface area contributed by atoms with Crippen molar-refractivity contribution in [1.82, 2.24) is 5.32 Å². The first-order valence-electron chi connectivity index (χ1n) is 15.2. The Kier molecular flexibility index (Phi) is 5.85. The maximum absolute atomic E-state index is 6.43. The van der Waals surface area contributed by atoms with Crippen molar-refractivity contribution in [3.05, 3.63) is 168 Å². The van der Waals surface area contributed by atoms with Gasteiger partial charge >= 0.3 is 0 Å². The van der Waals surface area contributed by atoms with Gasteiger partial charge in [-0.2, -0.15) is 0 Å². The molecule has 1 aliphatic heterocycles. The first-order valence-corrected chi connectivity index (χ1v) is 15.2. The number of hydrogen-bond donors (Lipinski definition) is 1. The fourth-order valence-corrected chi connectivity index (χ4v) is 6.51. The maximum Gasteiger partial charge on any atom is 0.160 e. The molecular weight excluding hydrogens is 550 g/mol. The second kappa shape index (κ2) is 10.3. The van der Waals surface area contributed by atoms with Crippen molar-refractivity contribution in [3.63, 3.8) is 0 Å². The minimum atomic E-state index is -0.318. The quantitative estimate of drug-likeness (QED) is 0.212. The molecular formula is C41H27N3O. The van der Waals surface area contributed by atoms with Gasteiger partial charge in [0.25, 0.3) is 0 Å². The maximum atomic E-state index is 6.43. The Morgan fingerprint density at radius 2 is 1.24 bits per heavy atom. The molecule has 45 heavy (non-hydrogen) atoms. The number of nitrogens with zero attached hydrogens (tertiary/aromatic N) is 2. The number of hydrogen-bond acceptors (Lipinski definition) is 4. The van der Waals surface area contributed by atoms with Crippen LogP contribution in [0.4, 0.5) is 0 Å². The Morgan fingerprint density at radius 3 is 2.11 bits per heavy atom. The lowest BCUT2D eigenvalue weighted by Gasteiger charge is -2.24. The number of aliphatic imine (C=N–C) groups is 2. The first kappa shape index (κ1) is 25.5. The van der Waals surface area contributed by atoms with Crippen LogP contribution in [0.25, 0.3) is 54.6 Å². The van der Waals surface area contributed by atoms with Gasteiger partial charge in [0.05, 0.1) is 0 Å². The van der Waals surface area contributed by atoms with Crippen molar-refractivity contribution in [2.24, 2.45) is 9.98 Å². The highest BCUT2D eigenvalue weighted by Gasteiger charge is 2.24. The number of furan rings is 1. The number of nitrogens with one attached hydrogen (secondary N) is 1. The largest absolute Gasteiger partial charge is 0.456 e. The molecule has 0 spiro atoms. The molecule has 4 nitrogen and oxygen atoms in total. The van der Waals surface area contributed by atoms with Gasteiger partial charge in [-0.1, -0.05) is 127 Å². The fourth-order valence-electron chi connectivity index (χ4n) is 6.51. The third-order valence-electron chi connectivity index (χ3n) is 8.72. The van der Waals surface area contributed by atoms with Crippen molar-refractivity contribution in [2.45, 2.75) is 6.17 Å². The van der Waals surface area contributed by atoms with E-state index in [0.29, 0.717) is 5.84 Å². The van der Waals surface area contributed by atoms with Crippen LogP contribution in [0, 0.1) is 0 Å². The van der Waals surface area contributed by atoms with Crippen LogP contribution >= 0.6 is 0 Å². The lowest BCUT2D eigenvalue weighted by molar-refractivity contribution is 0.668. The minimum absolute atomic E-state index is 0.318. The van der Waals surface area contributed by atoms with Crippen LogP contribution in [0.2, 0.25) is 0 Å². The molecule has 212 valence electrons. The van der Waals surface area contributed by atoms with Crippen LogP contribution < -0.4 is 5.32 Å². The third kappa shape index (κ3) is 4.38. The molecule has 0 radical (unpaired) electrons. The molecule has 0 bridgehead atoms. The van der Waals surface area contributed by atoms with E-state index in [2.05, 4.69) is 121 Å². The highest BCUT2D eigenvalue weighted by Crippen LogP contribution is 2.36. The predicted molar refractivity (Wildman–Crippen MR) is 186 cm³/mol. The molecule has 4 heteroatoms. The molecule has 9 rings (SSSR count). The average Bonchev–Trinajstić information content (AvgIpc) is 3.50. The van der Waals surface area contributed by atoms with Crippen molar-refractivity contribution in [2.75, 3.05) is 0 Å². The van der Waals surface area contributed by atoms with Crippen molar-refractivity contribution in [1.29, 1.82) is 0 Å². The van der Waals surface area contributed by atoms with Crippen LogP contribution in [-0.2, 0) is 0 Å². The van der Waals surface area contributed by atoms with Gasteiger partial charge in [-0.25, -0.2) is 9.98 Å². The van der Waals surface area contributed by atoms with E-state index in [-0.39, 0.29) is 6.17 Å². The van der Waals surface area contributed by atoms with Crippen LogP contribution in [-0.4, -0.2) is 11.7 Å². The van der Waals surface area contributed by atoms with Gasteiger partial charge in [0.15, 0.2) is 5.84 Å². The third-order valence-corrected chi connectivity index (χ3v) is 8.72. The monoisotopic (exact) mass is 577 g/mol. The second-order valence-corrected chi connectivity index (χ2v) is 11.5. The summed E-state index contributed by atoms with van der Waals surface area (Å²) in [6.45, 7) is 0. The molecule has 1 N–H and O–H groups in total. The van der Waals surface area contributed by atoms with Crippen LogP contribution in [0.5, 0.6) is 0 Å². The van der Waals surface area contributed by atoms with Crippen molar-refractivity contribution < 1.29 is 4.42 Å². The van der Waals surface area contributed by atoms with Gasteiger partial charge in [0, 0.05) is 21.9 Å². The lowest BCUT2D eigenvalue weighted by Crippen LogP contribution is -2.33. The Labute approximate surface area is 260 Å². The van der Waals surface area contributed by atoms with Crippen LogP contribution in [0.15, 0.2) is 166 Å². The van der Waals surface area contributed by atoms with Crippen molar-refractivity contribution in [3.8, 4) is 11.1 Å². The predicted octanol–water partition coefficient (Wildman–Crippen LogP) is 10.1. The summed E-state index contributed by atoms with van der Waals surface area (Å²) in [5.41, 5.74) is 6.99. The summed E-state index contributed by atoms with van der Waals surface area (Å²) < 4.78 is 6.43. The summed E-state index contributed by atoms with van der Waals surface area (Å²) >= 11 is 0. The summed E-state index contributed by atoms with van der Waals surface area (Å²) in [7, 11) is 0. The van der Waals surface area contributed by atoms with Gasteiger partial charge in [-0.05, 0) is 62.5 Å². The average molecular weight is 578 g/mol. The minimum Gasteiger partial charge on any atom is -0.456 e. The molecule has 8 aromatic rings. The molecule has 0 amide bonds. The molecule has 1 unspecified atom stereocenters. The molecule has 0 saturated carbocycles. The van der Waals surface area contributed by atoms with Crippen molar-refractivity contribution >= 4 is 55.2 Å². The highest BCUT2D eigenvalue weighted by molar-refractivity contribution is 6.22. The second-order valence-electron chi connectivity index (χ2n) is 11.5. The Balaban J connectivity index is 1.21. The smallest absolute Gasteiger partial charge is 0.160 e. The van der Waals surface area contributed by atoms with Crippen LogP contribution in [0.3, 0.4) is 0 Å². The summed E-state index contributed by atoms with van der Waals surface area (Å²) in [6, 6.07) is 52.8. The zero-order valence-corrected chi connectivity index (χ0v) is 24.3. The van der Waals surface area contributed by atoms with E-state index >= 15 is 0 Å². The van der Waals surface area contributed by atoms with E-state index in [0.717, 1.165) is 55.6 Å². The normalized spacial score (nSPS) is 14.9. The molecule has 0 fully saturated rings. The van der Waals surface area contributed by atoms with Gasteiger partial charge < -0.3 is 9.73 Å². The Hall–Kier alpha value is -6.00. The molecule has 7 aromatic carbocycles. The molecule has 0 saturated heterocycles. The van der Waals surface area contributed by atoms with E-state index in [4.69, 9.17) is 14.4 Å². The first-order chi connectivity index (χ1) is 22.3. The van der Waals surface area contributed by atoms with Gasteiger partial charge in [0.2, 0.25) is 0 Å². The summed E-state index contributed by atoms with van der Waals surface area (Å²) in [5.74, 6) is 1.47. The zero-order valence-electron chi connectivity index (χ0n) is 24.3. The SMILES string of the molecule is c1ccc(C2=NC(c3cccc4oc5cc(-c6ccccc6)ccc5c34)=NC(c3ccc4c(ccc5ccccc54)c3)N2)cc1. The summed E-state index contributed by atoms with van der Waals surface area (Å²) in [5, 5.41) is 10.6. The summed E-state index contributed by atoms with van der Waals surface area (Å²) in [6.07, 6.45) is -0.318. The van der Waals surface area contributed by atoms with E-state index in [1.54, 1.807) is 0 Å². The lowest BCUT2D eigenvalue weighted by atomic mass is 9.99. The molecule has 2 heterocycles. The molecule has 1 atom stereocenters. The molecule has 1 aliphatic rings. The number of rotatable bonds is 4. The Bertz CT molecular complexity index is 2460. The fraction of sp³-hybridized carbons (Fsp3) is 0.0244. The highest BCUT2D eigenvalue weighted by atomic mass is 16.3. The van der Waals surface area contributed by atoms with Gasteiger partial charge in [-0.3, -0.25) is 0 Å². The summed E-state index contributed by atoms with van der Waals surface area (Å²) in [4.78, 5) is 10.4. The standard InChI is InChI=1S/C41H27N3O/c1-3-10-26(11-4-1)29-20-23-34-37(25-29)45-36-17-9-16-35(38(34)36)41-43-39(28-13-5-2-6-14-28)42-40(44-41)31-21-22-33-30(24-31)19-18-27-12-7-8-15-32(27)33/h1-25,40H,(H,42,43,44). The topological polar surface area (TPSA) is 49.9 Å². The number of fused-ring (bicyclic) bond motifs is 6. The van der Waals surface area contributed by atoms with E-state index in [1.807, 2.05) is 36.4 Å². The molecule has 0 aliphatic carbocycles. The van der Waals surface area contributed by atoms with Gasteiger partial charge in [-0.15, -0.1) is 0 Å².